The average molecular weight is 393 g/mol. The van der Waals surface area contributed by atoms with Gasteiger partial charge in [-0.1, -0.05) is 3.77 Å². The van der Waals surface area contributed by atoms with Gasteiger partial charge in [-0.05, 0) is 24.3 Å². The van der Waals surface area contributed by atoms with Crippen LogP contribution in [0.2, 0.25) is 0 Å². The lowest BCUT2D eigenvalue weighted by molar-refractivity contribution is 0.586. The topological polar surface area (TPSA) is 87.6 Å². The number of hydrogen-bond acceptors (Lipinski definition) is 4. The maximum absolute atomic E-state index is 13.7. The number of nitrogens with one attached hydrogen (secondary N) is 2. The van der Waals surface area contributed by atoms with Crippen LogP contribution in [0.15, 0.2) is 40.2 Å². The summed E-state index contributed by atoms with van der Waals surface area (Å²) >= 11 is 0. The molecule has 6 nitrogen and oxygen atoms in total. The Kier molecular flexibility index (Phi) is 5.28. The molecule has 0 saturated carbocycles. The summed E-state index contributed by atoms with van der Waals surface area (Å²) in [6.07, 6.45) is 2.23. The van der Waals surface area contributed by atoms with Crippen molar-refractivity contribution in [2.75, 3.05) is 22.6 Å². The molecule has 2 rings (SSSR count). The number of nitrogens with zero attached hydrogens (tertiary/aromatic N) is 1. The van der Waals surface area contributed by atoms with Gasteiger partial charge in [0, 0.05) is 24.6 Å². The molecule has 25 heavy (non-hydrogen) atoms. The van der Waals surface area contributed by atoms with Crippen molar-refractivity contribution in [2.45, 2.75) is 0 Å². The molecular formula is C14H14F3N3O3S2. The maximum atomic E-state index is 13.7. The summed E-state index contributed by atoms with van der Waals surface area (Å²) in [4.78, 5) is 0. The highest BCUT2D eigenvalue weighted by molar-refractivity contribution is 8.03. The molecule has 0 unspecified atom stereocenters. The first kappa shape index (κ1) is 19.1. The van der Waals surface area contributed by atoms with Crippen molar-refractivity contribution in [3.63, 3.8) is 0 Å². The Bertz CT molecular complexity index is 1020. The molecule has 0 spiro atoms. The predicted molar refractivity (Wildman–Crippen MR) is 91.0 cm³/mol. The molecule has 0 amide bonds. The zero-order chi connectivity index (χ0) is 18.8. The summed E-state index contributed by atoms with van der Waals surface area (Å²) in [5.41, 5.74) is -0.444. The van der Waals surface area contributed by atoms with Gasteiger partial charge >= 0.3 is 10.2 Å². The van der Waals surface area contributed by atoms with Crippen LogP contribution in [0.3, 0.4) is 0 Å². The summed E-state index contributed by atoms with van der Waals surface area (Å²) in [7, 11) is -7.39. The largest absolute Gasteiger partial charge is 0.351 e. The van der Waals surface area contributed by atoms with Crippen LogP contribution in [-0.4, -0.2) is 25.1 Å². The van der Waals surface area contributed by atoms with Gasteiger partial charge in [0.1, 0.15) is 17.5 Å². The second-order valence-electron chi connectivity index (χ2n) is 5.27. The fourth-order valence-electron chi connectivity index (χ4n) is 1.84. The molecule has 0 bridgehead atoms. The van der Waals surface area contributed by atoms with Crippen LogP contribution in [0, 0.1) is 17.5 Å². The first-order valence-electron chi connectivity index (χ1n) is 6.68. The van der Waals surface area contributed by atoms with Crippen LogP contribution in [-0.2, 0) is 19.9 Å². The third kappa shape index (κ3) is 5.64. The van der Waals surface area contributed by atoms with E-state index in [1.165, 1.54) is 0 Å². The third-order valence-corrected chi connectivity index (χ3v) is 5.40. The number of hydrogen-bond donors (Lipinski definition) is 2. The summed E-state index contributed by atoms with van der Waals surface area (Å²) < 4.78 is 80.6. The molecule has 136 valence electrons. The normalized spacial score (nSPS) is 11.9. The minimum absolute atomic E-state index is 0.00983. The quantitative estimate of drug-likeness (QED) is 0.816. The number of rotatable bonds is 5. The summed E-state index contributed by atoms with van der Waals surface area (Å²) in [6.45, 7) is 0. The van der Waals surface area contributed by atoms with E-state index in [0.29, 0.717) is 6.07 Å². The number of benzene rings is 2. The second kappa shape index (κ2) is 6.92. The lowest BCUT2D eigenvalue weighted by atomic mass is 10.2. The van der Waals surface area contributed by atoms with Gasteiger partial charge in [-0.2, -0.15) is 8.42 Å². The van der Waals surface area contributed by atoms with Crippen molar-refractivity contribution in [3.8, 4) is 0 Å². The van der Waals surface area contributed by atoms with E-state index in [1.54, 1.807) is 0 Å². The summed E-state index contributed by atoms with van der Waals surface area (Å²) in [5, 5.41) is 2.53. The van der Waals surface area contributed by atoms with Gasteiger partial charge < -0.3 is 5.32 Å². The number of anilines is 3. The van der Waals surface area contributed by atoms with Crippen molar-refractivity contribution in [3.05, 3.63) is 53.8 Å². The zero-order valence-corrected chi connectivity index (χ0v) is 14.7. The molecule has 0 radical (unpaired) electrons. The molecule has 2 N–H and O–H groups in total. The molecule has 0 fully saturated rings. The minimum Gasteiger partial charge on any atom is -0.351 e. The molecular weight excluding hydrogens is 379 g/mol. The smallest absolute Gasteiger partial charge is 0.350 e. The van der Waals surface area contributed by atoms with Crippen molar-refractivity contribution < 1.29 is 25.8 Å². The van der Waals surface area contributed by atoms with Crippen LogP contribution < -0.4 is 10.0 Å². The van der Waals surface area contributed by atoms with Gasteiger partial charge in [0.2, 0.25) is 0 Å². The number of halogens is 3. The van der Waals surface area contributed by atoms with E-state index < -0.39 is 37.4 Å². The standard InChI is InChI=1S/C14H14F3N3O3S2/c1-24(2,21)20-25(22,23)19-14-8-10(16)4-6-13(14)18-12-5-3-9(15)7-11(12)17/h3-8,18-19H,1-2H3. The Morgan fingerprint density at radius 2 is 1.40 bits per heavy atom. The van der Waals surface area contributed by atoms with Gasteiger partial charge in [0.15, 0.2) is 0 Å². The van der Waals surface area contributed by atoms with Gasteiger partial charge in [-0.25, -0.2) is 17.4 Å². The molecule has 0 atom stereocenters. The van der Waals surface area contributed by atoms with E-state index in [0.717, 1.165) is 42.8 Å². The monoisotopic (exact) mass is 393 g/mol. The Hall–Kier alpha value is -2.27. The van der Waals surface area contributed by atoms with Crippen LogP contribution in [0.4, 0.5) is 30.2 Å². The fraction of sp³-hybridized carbons (Fsp3) is 0.143. The highest BCUT2D eigenvalue weighted by Crippen LogP contribution is 2.29. The van der Waals surface area contributed by atoms with Gasteiger partial charge in [-0.3, -0.25) is 4.72 Å². The van der Waals surface area contributed by atoms with Crippen LogP contribution in [0.1, 0.15) is 0 Å². The van der Waals surface area contributed by atoms with E-state index in [4.69, 9.17) is 0 Å². The van der Waals surface area contributed by atoms with Crippen LogP contribution in [0.5, 0.6) is 0 Å². The molecule has 11 heteroatoms. The Morgan fingerprint density at radius 1 is 0.840 bits per heavy atom. The molecule has 0 aliphatic rings. The third-order valence-electron chi connectivity index (χ3n) is 2.70. The summed E-state index contributed by atoms with van der Waals surface area (Å²) in [5.74, 6) is -2.48. The highest BCUT2D eigenvalue weighted by Gasteiger charge is 2.15. The Morgan fingerprint density at radius 3 is 1.96 bits per heavy atom. The maximum Gasteiger partial charge on any atom is 0.350 e. The van der Waals surface area contributed by atoms with Crippen molar-refractivity contribution in [1.29, 1.82) is 0 Å². The van der Waals surface area contributed by atoms with Crippen molar-refractivity contribution >= 4 is 37.0 Å². The molecule has 0 aliphatic heterocycles. The van der Waals surface area contributed by atoms with Crippen molar-refractivity contribution in [1.82, 2.24) is 0 Å². The second-order valence-corrected chi connectivity index (χ2v) is 9.39. The van der Waals surface area contributed by atoms with Crippen LogP contribution >= 0.6 is 0 Å². The van der Waals surface area contributed by atoms with Crippen molar-refractivity contribution in [2.24, 2.45) is 3.77 Å². The molecule has 2 aromatic rings. The fourth-order valence-corrected chi connectivity index (χ4v) is 4.33. The molecule has 0 aromatic heterocycles. The van der Waals surface area contributed by atoms with Crippen LogP contribution in [0.25, 0.3) is 0 Å². The van der Waals surface area contributed by atoms with E-state index in [-0.39, 0.29) is 17.1 Å². The van der Waals surface area contributed by atoms with E-state index in [2.05, 4.69) is 9.08 Å². The van der Waals surface area contributed by atoms with Gasteiger partial charge in [-0.15, -0.1) is 0 Å². The average Bonchev–Trinajstić information content (AvgIpc) is 2.41. The molecule has 0 aliphatic carbocycles. The summed E-state index contributed by atoms with van der Waals surface area (Å²) in [6, 6.07) is 5.74. The Labute approximate surface area is 143 Å². The highest BCUT2D eigenvalue weighted by atomic mass is 32.3. The molecule has 0 heterocycles. The molecule has 2 aromatic carbocycles. The SMILES string of the molecule is CS(C)(=O)=NS(=O)(=O)Nc1cc(F)ccc1Nc1ccc(F)cc1F. The van der Waals surface area contributed by atoms with E-state index in [1.807, 2.05) is 4.72 Å². The first-order chi connectivity index (χ1) is 11.5. The first-order valence-corrected chi connectivity index (χ1v) is 10.5. The lowest BCUT2D eigenvalue weighted by Gasteiger charge is -2.13. The lowest BCUT2D eigenvalue weighted by Crippen LogP contribution is -2.13. The Balaban J connectivity index is 2.43. The van der Waals surface area contributed by atoms with E-state index >= 15 is 0 Å². The van der Waals surface area contributed by atoms with Gasteiger partial charge in [0.25, 0.3) is 0 Å². The van der Waals surface area contributed by atoms with Gasteiger partial charge in [0.05, 0.1) is 26.8 Å². The predicted octanol–water partition coefficient (Wildman–Crippen LogP) is 3.23. The zero-order valence-electron chi connectivity index (χ0n) is 13.1. The van der Waals surface area contributed by atoms with E-state index in [9.17, 15) is 25.8 Å². The molecule has 0 saturated heterocycles. The minimum atomic E-state index is -4.40.